The van der Waals surface area contributed by atoms with Crippen molar-refractivity contribution >= 4 is 6.21 Å². The van der Waals surface area contributed by atoms with Gasteiger partial charge in [0.05, 0.1) is 11.8 Å². The molecule has 0 saturated carbocycles. The SMILES string of the molecule is Cn1ccnc1C=NC(C)(C)C. The molecule has 3 heteroatoms. The van der Waals surface area contributed by atoms with Crippen molar-refractivity contribution in [3.05, 3.63) is 18.2 Å². The summed E-state index contributed by atoms with van der Waals surface area (Å²) < 4.78 is 1.94. The van der Waals surface area contributed by atoms with Crippen molar-refractivity contribution in [2.75, 3.05) is 0 Å². The van der Waals surface area contributed by atoms with Crippen LogP contribution in [0.5, 0.6) is 0 Å². The summed E-state index contributed by atoms with van der Waals surface area (Å²) in [5.74, 6) is 0.893. The zero-order valence-electron chi connectivity index (χ0n) is 8.07. The number of hydrogen-bond donors (Lipinski definition) is 0. The van der Waals surface area contributed by atoms with Crippen molar-refractivity contribution < 1.29 is 0 Å². The lowest BCUT2D eigenvalue weighted by Crippen LogP contribution is -2.10. The standard InChI is InChI=1S/C9H15N3/c1-9(2,3)11-7-8-10-5-6-12(8)4/h5-7H,1-4H3. The lowest BCUT2D eigenvalue weighted by Gasteiger charge is -2.10. The normalized spacial score (nSPS) is 12.7. The summed E-state index contributed by atoms with van der Waals surface area (Å²) in [5, 5.41) is 0. The summed E-state index contributed by atoms with van der Waals surface area (Å²) in [5.41, 5.74) is -0.0219. The maximum Gasteiger partial charge on any atom is 0.150 e. The number of aryl methyl sites for hydroxylation is 1. The number of aliphatic imine (C=N–C) groups is 1. The average molecular weight is 165 g/mol. The molecular formula is C9H15N3. The van der Waals surface area contributed by atoms with Crippen LogP contribution in [0.15, 0.2) is 17.4 Å². The van der Waals surface area contributed by atoms with Crippen LogP contribution < -0.4 is 0 Å². The Morgan fingerprint density at radius 2 is 2.17 bits per heavy atom. The van der Waals surface area contributed by atoms with E-state index in [1.54, 1.807) is 12.4 Å². The minimum Gasteiger partial charge on any atom is -0.333 e. The summed E-state index contributed by atoms with van der Waals surface area (Å²) in [6, 6.07) is 0. The number of nitrogens with zero attached hydrogens (tertiary/aromatic N) is 3. The fourth-order valence-corrected chi connectivity index (χ4v) is 0.753. The topological polar surface area (TPSA) is 30.2 Å². The molecule has 0 aromatic carbocycles. The first-order valence-corrected chi connectivity index (χ1v) is 4.01. The highest BCUT2D eigenvalue weighted by Crippen LogP contribution is 2.05. The molecule has 0 amide bonds. The molecular weight excluding hydrogens is 150 g/mol. The fourth-order valence-electron chi connectivity index (χ4n) is 0.753. The Hall–Kier alpha value is -1.12. The Balaban J connectivity index is 2.77. The summed E-state index contributed by atoms with van der Waals surface area (Å²) in [7, 11) is 1.96. The van der Waals surface area contributed by atoms with Crippen molar-refractivity contribution in [2.24, 2.45) is 12.0 Å². The Morgan fingerprint density at radius 3 is 2.58 bits per heavy atom. The highest BCUT2D eigenvalue weighted by atomic mass is 15.0. The predicted octanol–water partition coefficient (Wildman–Crippen LogP) is 1.64. The van der Waals surface area contributed by atoms with E-state index in [4.69, 9.17) is 0 Å². The summed E-state index contributed by atoms with van der Waals surface area (Å²) in [6.45, 7) is 6.19. The first-order valence-electron chi connectivity index (χ1n) is 4.01. The minimum atomic E-state index is -0.0219. The van der Waals surface area contributed by atoms with Crippen LogP contribution in [0, 0.1) is 0 Å². The number of imidazole rings is 1. The van der Waals surface area contributed by atoms with Gasteiger partial charge >= 0.3 is 0 Å². The van der Waals surface area contributed by atoms with E-state index in [1.807, 2.05) is 17.8 Å². The molecule has 1 aromatic heterocycles. The van der Waals surface area contributed by atoms with Gasteiger partial charge in [-0.25, -0.2) is 4.98 Å². The first-order chi connectivity index (χ1) is 5.49. The molecule has 0 atom stereocenters. The Morgan fingerprint density at radius 1 is 1.50 bits per heavy atom. The van der Waals surface area contributed by atoms with Crippen molar-refractivity contribution in [2.45, 2.75) is 26.3 Å². The third-order valence-corrected chi connectivity index (χ3v) is 1.43. The van der Waals surface area contributed by atoms with Crippen LogP contribution in [0.3, 0.4) is 0 Å². The molecule has 66 valence electrons. The summed E-state index contributed by atoms with van der Waals surface area (Å²) >= 11 is 0. The van der Waals surface area contributed by atoms with Gasteiger partial charge in [0.2, 0.25) is 0 Å². The predicted molar refractivity (Wildman–Crippen MR) is 50.6 cm³/mol. The van der Waals surface area contributed by atoms with E-state index < -0.39 is 0 Å². The van der Waals surface area contributed by atoms with Crippen LogP contribution >= 0.6 is 0 Å². The lowest BCUT2D eigenvalue weighted by atomic mass is 10.1. The first kappa shape index (κ1) is 8.97. The quantitative estimate of drug-likeness (QED) is 0.582. The molecule has 0 radical (unpaired) electrons. The molecule has 0 aliphatic carbocycles. The van der Waals surface area contributed by atoms with Gasteiger partial charge in [-0.3, -0.25) is 4.99 Å². The van der Waals surface area contributed by atoms with Crippen LogP contribution in [-0.4, -0.2) is 21.3 Å². The van der Waals surface area contributed by atoms with Crippen molar-refractivity contribution in [3.8, 4) is 0 Å². The largest absolute Gasteiger partial charge is 0.333 e. The maximum atomic E-state index is 4.35. The van der Waals surface area contributed by atoms with Crippen molar-refractivity contribution in [1.29, 1.82) is 0 Å². The summed E-state index contributed by atoms with van der Waals surface area (Å²) in [6.07, 6.45) is 5.48. The molecule has 0 unspecified atom stereocenters. The van der Waals surface area contributed by atoms with Gasteiger partial charge in [-0.15, -0.1) is 0 Å². The molecule has 0 saturated heterocycles. The number of hydrogen-bond acceptors (Lipinski definition) is 2. The van der Waals surface area contributed by atoms with Crippen molar-refractivity contribution in [3.63, 3.8) is 0 Å². The molecule has 0 spiro atoms. The van der Waals surface area contributed by atoms with Gasteiger partial charge in [-0.2, -0.15) is 0 Å². The van der Waals surface area contributed by atoms with E-state index in [2.05, 4.69) is 30.7 Å². The van der Waals surface area contributed by atoms with Crippen molar-refractivity contribution in [1.82, 2.24) is 9.55 Å². The Labute approximate surface area is 73.2 Å². The van der Waals surface area contributed by atoms with Crippen LogP contribution in [-0.2, 0) is 7.05 Å². The molecule has 0 aliphatic heterocycles. The van der Waals surface area contributed by atoms with Gasteiger partial charge in [-0.05, 0) is 20.8 Å². The second-order valence-electron chi connectivity index (χ2n) is 3.83. The van der Waals surface area contributed by atoms with Gasteiger partial charge in [-0.1, -0.05) is 0 Å². The second-order valence-corrected chi connectivity index (χ2v) is 3.83. The van der Waals surface area contributed by atoms with Gasteiger partial charge in [0.25, 0.3) is 0 Å². The number of rotatable bonds is 1. The van der Waals surface area contributed by atoms with Crippen LogP contribution in [0.4, 0.5) is 0 Å². The second kappa shape index (κ2) is 3.09. The molecule has 3 nitrogen and oxygen atoms in total. The van der Waals surface area contributed by atoms with Crippen LogP contribution in [0.1, 0.15) is 26.6 Å². The molecule has 0 aliphatic rings. The monoisotopic (exact) mass is 165 g/mol. The smallest absolute Gasteiger partial charge is 0.150 e. The Kier molecular flexibility index (Phi) is 2.31. The van der Waals surface area contributed by atoms with Gasteiger partial charge in [0.15, 0.2) is 0 Å². The summed E-state index contributed by atoms with van der Waals surface area (Å²) in [4.78, 5) is 8.48. The molecule has 12 heavy (non-hydrogen) atoms. The zero-order chi connectivity index (χ0) is 9.19. The highest BCUT2D eigenvalue weighted by molar-refractivity contribution is 5.75. The van der Waals surface area contributed by atoms with E-state index >= 15 is 0 Å². The van der Waals surface area contributed by atoms with Gasteiger partial charge in [0, 0.05) is 19.4 Å². The van der Waals surface area contributed by atoms with Gasteiger partial charge < -0.3 is 4.57 Å². The van der Waals surface area contributed by atoms with E-state index in [9.17, 15) is 0 Å². The molecule has 1 aromatic rings. The molecule has 1 rings (SSSR count). The average Bonchev–Trinajstić information content (AvgIpc) is 2.29. The molecule has 0 bridgehead atoms. The lowest BCUT2D eigenvalue weighted by molar-refractivity contribution is 0.586. The molecule has 0 N–H and O–H groups in total. The zero-order valence-corrected chi connectivity index (χ0v) is 8.07. The fraction of sp³-hybridized carbons (Fsp3) is 0.556. The minimum absolute atomic E-state index is 0.0219. The Bertz CT molecular complexity index is 278. The van der Waals surface area contributed by atoms with E-state index in [-0.39, 0.29) is 5.54 Å². The third-order valence-electron chi connectivity index (χ3n) is 1.43. The molecule has 0 fully saturated rings. The molecule has 1 heterocycles. The number of aromatic nitrogens is 2. The van der Waals surface area contributed by atoms with E-state index in [0.29, 0.717) is 0 Å². The maximum absolute atomic E-state index is 4.35. The van der Waals surface area contributed by atoms with E-state index in [0.717, 1.165) is 5.82 Å². The van der Waals surface area contributed by atoms with E-state index in [1.165, 1.54) is 0 Å². The third kappa shape index (κ3) is 2.49. The van der Waals surface area contributed by atoms with Crippen LogP contribution in [0.25, 0.3) is 0 Å². The van der Waals surface area contributed by atoms with Crippen LogP contribution in [0.2, 0.25) is 0 Å². The highest BCUT2D eigenvalue weighted by Gasteiger charge is 2.05. The van der Waals surface area contributed by atoms with Gasteiger partial charge in [0.1, 0.15) is 5.82 Å².